The number of thiazole rings is 1. The first-order valence-electron chi connectivity index (χ1n) is 6.75. The third-order valence-corrected chi connectivity index (χ3v) is 5.15. The molecule has 104 valence electrons. The van der Waals surface area contributed by atoms with Crippen molar-refractivity contribution in [3.63, 3.8) is 0 Å². The molecular weight excluding hydrogens is 262 g/mol. The minimum atomic E-state index is -0.294. The fourth-order valence-electron chi connectivity index (χ4n) is 3.15. The Kier molecular flexibility index (Phi) is 3.45. The second kappa shape index (κ2) is 5.09. The van der Waals surface area contributed by atoms with Crippen LogP contribution >= 0.6 is 11.3 Å². The molecule has 0 spiro atoms. The summed E-state index contributed by atoms with van der Waals surface area (Å²) in [5.41, 5.74) is 0.751. The molecule has 2 atom stereocenters. The maximum Gasteiger partial charge on any atom is 0.350 e. The van der Waals surface area contributed by atoms with Crippen LogP contribution in [0, 0.1) is 6.92 Å². The van der Waals surface area contributed by atoms with Crippen molar-refractivity contribution in [1.29, 1.82) is 0 Å². The maximum absolute atomic E-state index is 11.6. The van der Waals surface area contributed by atoms with Gasteiger partial charge in [-0.15, -0.1) is 0 Å². The average molecular weight is 281 g/mol. The van der Waals surface area contributed by atoms with E-state index in [1.165, 1.54) is 44.4 Å². The van der Waals surface area contributed by atoms with Crippen LogP contribution in [-0.4, -0.2) is 48.1 Å². The molecule has 0 saturated carbocycles. The van der Waals surface area contributed by atoms with Gasteiger partial charge >= 0.3 is 5.97 Å². The van der Waals surface area contributed by atoms with Crippen molar-refractivity contribution < 1.29 is 9.53 Å². The molecule has 3 heterocycles. The minimum absolute atomic E-state index is 0.294. The van der Waals surface area contributed by atoms with Crippen LogP contribution in [0.2, 0.25) is 0 Å². The van der Waals surface area contributed by atoms with Crippen molar-refractivity contribution in [2.45, 2.75) is 38.3 Å². The molecule has 1 aromatic heterocycles. The molecule has 0 radical (unpaired) electrons. The number of nitrogens with one attached hydrogen (secondary N) is 1. The van der Waals surface area contributed by atoms with Gasteiger partial charge in [-0.05, 0) is 32.7 Å². The lowest BCUT2D eigenvalue weighted by Gasteiger charge is -2.20. The summed E-state index contributed by atoms with van der Waals surface area (Å²) in [6.07, 6.45) is 3.73. The number of carbonyl (C=O) groups is 1. The fourth-order valence-corrected chi connectivity index (χ4v) is 4.10. The number of rotatable bonds is 3. The highest BCUT2D eigenvalue weighted by Crippen LogP contribution is 2.32. The Labute approximate surface area is 117 Å². The largest absolute Gasteiger partial charge is 0.465 e. The van der Waals surface area contributed by atoms with E-state index in [9.17, 15) is 4.79 Å². The zero-order valence-corrected chi connectivity index (χ0v) is 12.1. The summed E-state index contributed by atoms with van der Waals surface area (Å²) in [7, 11) is 1.40. The molecule has 0 aromatic carbocycles. The van der Waals surface area contributed by atoms with Crippen molar-refractivity contribution in [3.05, 3.63) is 10.6 Å². The first-order valence-corrected chi connectivity index (χ1v) is 7.57. The number of methoxy groups -OCH3 is 1. The second-order valence-electron chi connectivity index (χ2n) is 5.21. The van der Waals surface area contributed by atoms with Crippen LogP contribution in [0.4, 0.5) is 5.13 Å². The quantitative estimate of drug-likeness (QED) is 0.857. The smallest absolute Gasteiger partial charge is 0.350 e. The first-order chi connectivity index (χ1) is 9.19. The maximum atomic E-state index is 11.6. The number of aryl methyl sites for hydroxylation is 1. The Hall–Kier alpha value is -1.14. The van der Waals surface area contributed by atoms with Crippen LogP contribution in [0.1, 0.15) is 34.6 Å². The number of fused-ring (bicyclic) bond motifs is 1. The Bertz CT molecular complexity index is 488. The molecule has 0 amide bonds. The van der Waals surface area contributed by atoms with Gasteiger partial charge in [-0.2, -0.15) is 0 Å². The highest BCUT2D eigenvalue weighted by Gasteiger charge is 2.37. The van der Waals surface area contributed by atoms with Gasteiger partial charge < -0.3 is 10.1 Å². The topological polar surface area (TPSA) is 54.5 Å². The van der Waals surface area contributed by atoms with E-state index >= 15 is 0 Å². The zero-order valence-electron chi connectivity index (χ0n) is 11.3. The van der Waals surface area contributed by atoms with E-state index in [1.807, 2.05) is 6.92 Å². The molecule has 1 N–H and O–H groups in total. The molecule has 19 heavy (non-hydrogen) atoms. The monoisotopic (exact) mass is 281 g/mol. The van der Waals surface area contributed by atoms with E-state index in [0.29, 0.717) is 17.0 Å². The van der Waals surface area contributed by atoms with E-state index in [0.717, 1.165) is 17.2 Å². The molecule has 2 fully saturated rings. The summed E-state index contributed by atoms with van der Waals surface area (Å²) in [6.45, 7) is 4.26. The lowest BCUT2D eigenvalue weighted by atomic mass is 10.1. The number of esters is 1. The molecule has 5 nitrogen and oxygen atoms in total. The van der Waals surface area contributed by atoms with Gasteiger partial charge in [0.05, 0.1) is 12.8 Å². The van der Waals surface area contributed by atoms with E-state index in [4.69, 9.17) is 4.74 Å². The van der Waals surface area contributed by atoms with Crippen molar-refractivity contribution in [2.24, 2.45) is 0 Å². The van der Waals surface area contributed by atoms with E-state index in [2.05, 4.69) is 15.2 Å². The van der Waals surface area contributed by atoms with Crippen molar-refractivity contribution in [3.8, 4) is 0 Å². The third kappa shape index (κ3) is 2.34. The molecule has 1 aromatic rings. The number of ether oxygens (including phenoxy) is 1. The summed E-state index contributed by atoms with van der Waals surface area (Å²) >= 11 is 1.40. The van der Waals surface area contributed by atoms with Crippen molar-refractivity contribution in [1.82, 2.24) is 9.88 Å². The summed E-state index contributed by atoms with van der Waals surface area (Å²) in [5.74, 6) is -0.294. The van der Waals surface area contributed by atoms with E-state index < -0.39 is 0 Å². The predicted octanol–water partition coefficient (Wildman–Crippen LogP) is 1.89. The van der Waals surface area contributed by atoms with Crippen molar-refractivity contribution in [2.75, 3.05) is 25.5 Å². The molecule has 2 aliphatic rings. The normalized spacial score (nSPS) is 26.4. The Balaban J connectivity index is 1.72. The SMILES string of the molecule is COC(=O)c1sc(NC2CCN3CCCC23)nc1C. The average Bonchev–Trinajstić information content (AvgIpc) is 3.06. The minimum Gasteiger partial charge on any atom is -0.465 e. The summed E-state index contributed by atoms with van der Waals surface area (Å²) < 4.78 is 4.77. The van der Waals surface area contributed by atoms with Crippen molar-refractivity contribution >= 4 is 22.4 Å². The highest BCUT2D eigenvalue weighted by molar-refractivity contribution is 7.17. The second-order valence-corrected chi connectivity index (χ2v) is 6.21. The molecule has 2 aliphatic heterocycles. The first kappa shape index (κ1) is 12.9. The molecule has 6 heteroatoms. The Morgan fingerprint density at radius 3 is 3.11 bits per heavy atom. The van der Waals surface area contributed by atoms with E-state index in [1.54, 1.807) is 0 Å². The van der Waals surface area contributed by atoms with Gasteiger partial charge in [-0.1, -0.05) is 11.3 Å². The summed E-state index contributed by atoms with van der Waals surface area (Å²) in [6, 6.07) is 1.12. The number of nitrogens with zero attached hydrogens (tertiary/aromatic N) is 2. The van der Waals surface area contributed by atoms with Gasteiger partial charge in [-0.25, -0.2) is 9.78 Å². The van der Waals surface area contributed by atoms with Crippen LogP contribution in [0.5, 0.6) is 0 Å². The van der Waals surface area contributed by atoms with Gasteiger partial charge in [0.15, 0.2) is 5.13 Å². The molecule has 0 aliphatic carbocycles. The van der Waals surface area contributed by atoms with E-state index in [-0.39, 0.29) is 5.97 Å². The van der Waals surface area contributed by atoms with Crippen LogP contribution in [-0.2, 0) is 4.74 Å². The summed E-state index contributed by atoms with van der Waals surface area (Å²) in [5, 5.41) is 4.35. The number of aromatic nitrogens is 1. The van der Waals surface area contributed by atoms with Gasteiger partial charge in [0.1, 0.15) is 4.88 Å². The number of carbonyl (C=O) groups excluding carboxylic acids is 1. The lowest BCUT2D eigenvalue weighted by molar-refractivity contribution is 0.0605. The molecule has 2 unspecified atom stereocenters. The van der Waals surface area contributed by atoms with Crippen LogP contribution in [0.3, 0.4) is 0 Å². The van der Waals surface area contributed by atoms with Crippen LogP contribution in [0.25, 0.3) is 0 Å². The van der Waals surface area contributed by atoms with Gasteiger partial charge in [0, 0.05) is 18.6 Å². The predicted molar refractivity (Wildman–Crippen MR) is 74.8 cm³/mol. The molecular formula is C13H19N3O2S. The zero-order chi connectivity index (χ0) is 13.4. The van der Waals surface area contributed by atoms with Crippen LogP contribution < -0.4 is 5.32 Å². The number of hydrogen-bond acceptors (Lipinski definition) is 6. The fraction of sp³-hybridized carbons (Fsp3) is 0.692. The summed E-state index contributed by atoms with van der Waals surface area (Å²) in [4.78, 5) is 19.2. The molecule has 2 saturated heterocycles. The number of hydrogen-bond donors (Lipinski definition) is 1. The Morgan fingerprint density at radius 1 is 1.47 bits per heavy atom. The third-order valence-electron chi connectivity index (χ3n) is 4.08. The molecule has 0 bridgehead atoms. The van der Waals surface area contributed by atoms with Crippen LogP contribution in [0.15, 0.2) is 0 Å². The standard InChI is InChI=1S/C13H19N3O2S/c1-8-11(12(17)18-2)19-13(14-8)15-9-5-7-16-6-3-4-10(9)16/h9-10H,3-7H2,1-2H3,(H,14,15). The van der Waals surface area contributed by atoms with Gasteiger partial charge in [-0.3, -0.25) is 4.90 Å². The Morgan fingerprint density at radius 2 is 2.32 bits per heavy atom. The number of anilines is 1. The van der Waals surface area contributed by atoms with Gasteiger partial charge in [0.25, 0.3) is 0 Å². The molecule has 3 rings (SSSR count). The highest BCUT2D eigenvalue weighted by atomic mass is 32.1. The van der Waals surface area contributed by atoms with Gasteiger partial charge in [0.2, 0.25) is 0 Å². The lowest BCUT2D eigenvalue weighted by Crippen LogP contribution is -2.33.